The third kappa shape index (κ3) is 1.70. The van der Waals surface area contributed by atoms with Gasteiger partial charge in [-0.25, -0.2) is 14.6 Å². The van der Waals surface area contributed by atoms with E-state index in [1.807, 2.05) is 13.8 Å². The Morgan fingerprint density at radius 3 is 2.33 bits per heavy atom. The van der Waals surface area contributed by atoms with E-state index in [0.29, 0.717) is 16.0 Å². The molecule has 2 aromatic heterocycles. The lowest BCUT2D eigenvalue weighted by Crippen LogP contribution is -2.03. The van der Waals surface area contributed by atoms with Crippen molar-refractivity contribution < 1.29 is 0 Å². The van der Waals surface area contributed by atoms with Gasteiger partial charge in [-0.3, -0.25) is 0 Å². The summed E-state index contributed by atoms with van der Waals surface area (Å²) in [5.74, 6) is 0.492. The van der Waals surface area contributed by atoms with Crippen molar-refractivity contribution >= 4 is 23.2 Å². The molecule has 2 rings (SSSR count). The maximum absolute atomic E-state index is 6.03. The minimum Gasteiger partial charge on any atom is -0.239 e. The van der Waals surface area contributed by atoms with Gasteiger partial charge in [0.1, 0.15) is 0 Å². The maximum Gasteiger partial charge on any atom is 0.191 e. The van der Waals surface area contributed by atoms with Crippen molar-refractivity contribution in [2.75, 3.05) is 0 Å². The number of rotatable bonds is 1. The van der Waals surface area contributed by atoms with Gasteiger partial charge in [-0.05, 0) is 13.8 Å². The summed E-state index contributed by atoms with van der Waals surface area (Å²) in [6, 6.07) is 0. The zero-order valence-corrected chi connectivity index (χ0v) is 9.71. The molecule has 78 valence electrons. The van der Waals surface area contributed by atoms with Crippen LogP contribution >= 0.6 is 23.2 Å². The first kappa shape index (κ1) is 10.4. The number of halogens is 2. The van der Waals surface area contributed by atoms with Gasteiger partial charge in [0.15, 0.2) is 11.0 Å². The quantitative estimate of drug-likeness (QED) is 0.773. The summed E-state index contributed by atoms with van der Waals surface area (Å²) >= 11 is 11.9. The van der Waals surface area contributed by atoms with Gasteiger partial charge in [0.25, 0.3) is 0 Å². The molecular formula is C9H8Cl2N4. The highest BCUT2D eigenvalue weighted by molar-refractivity contribution is 6.32. The van der Waals surface area contributed by atoms with Crippen molar-refractivity contribution in [1.29, 1.82) is 0 Å². The second-order valence-electron chi connectivity index (χ2n) is 3.07. The Balaban J connectivity index is 2.65. The van der Waals surface area contributed by atoms with Crippen LogP contribution in [0.15, 0.2) is 12.4 Å². The molecule has 0 bridgehead atoms. The topological polar surface area (TPSA) is 43.6 Å². The number of nitrogens with zero attached hydrogens (tertiary/aromatic N) is 4. The predicted molar refractivity (Wildman–Crippen MR) is 58.6 cm³/mol. The normalized spacial score (nSPS) is 10.7. The Labute approximate surface area is 96.9 Å². The number of aromatic nitrogens is 4. The fourth-order valence-electron chi connectivity index (χ4n) is 1.29. The molecule has 0 N–H and O–H groups in total. The zero-order valence-electron chi connectivity index (χ0n) is 8.20. The van der Waals surface area contributed by atoms with Crippen LogP contribution in [-0.2, 0) is 0 Å². The Bertz CT molecular complexity index is 507. The number of aryl methyl sites for hydroxylation is 1. The predicted octanol–water partition coefficient (Wildman–Crippen LogP) is 2.59. The van der Waals surface area contributed by atoms with Crippen LogP contribution in [0.4, 0.5) is 0 Å². The summed E-state index contributed by atoms with van der Waals surface area (Å²) in [5.41, 5.74) is 1.55. The smallest absolute Gasteiger partial charge is 0.191 e. The second-order valence-corrected chi connectivity index (χ2v) is 3.80. The molecule has 0 aromatic carbocycles. The molecule has 0 saturated heterocycles. The van der Waals surface area contributed by atoms with Gasteiger partial charge < -0.3 is 0 Å². The van der Waals surface area contributed by atoms with Crippen molar-refractivity contribution in [2.45, 2.75) is 13.8 Å². The third-order valence-corrected chi connectivity index (χ3v) is 2.85. The molecule has 0 aliphatic carbocycles. The molecule has 0 radical (unpaired) electrons. The molecule has 0 amide bonds. The molecular weight excluding hydrogens is 235 g/mol. The molecule has 6 heteroatoms. The van der Waals surface area contributed by atoms with Crippen LogP contribution in [0.1, 0.15) is 11.4 Å². The van der Waals surface area contributed by atoms with Crippen LogP contribution in [0.25, 0.3) is 5.82 Å². The van der Waals surface area contributed by atoms with Crippen LogP contribution in [0, 0.1) is 13.8 Å². The van der Waals surface area contributed by atoms with Gasteiger partial charge in [0.2, 0.25) is 0 Å². The maximum atomic E-state index is 6.03. The number of hydrogen-bond acceptors (Lipinski definition) is 3. The molecule has 0 unspecified atom stereocenters. The molecule has 0 spiro atoms. The fourth-order valence-corrected chi connectivity index (χ4v) is 1.59. The molecule has 0 atom stereocenters. The summed E-state index contributed by atoms with van der Waals surface area (Å²) in [4.78, 5) is 8.05. The summed E-state index contributed by atoms with van der Waals surface area (Å²) < 4.78 is 1.59. The van der Waals surface area contributed by atoms with Gasteiger partial charge in [-0.1, -0.05) is 23.2 Å². The van der Waals surface area contributed by atoms with Crippen molar-refractivity contribution in [2.24, 2.45) is 0 Å². The SMILES string of the molecule is Cc1nn(-c2nccnc2Cl)c(C)c1Cl. The van der Waals surface area contributed by atoms with Gasteiger partial charge in [-0.15, -0.1) is 0 Å². The van der Waals surface area contributed by atoms with Crippen molar-refractivity contribution in [3.05, 3.63) is 34.0 Å². The van der Waals surface area contributed by atoms with E-state index < -0.39 is 0 Å². The minimum absolute atomic E-state index is 0.305. The van der Waals surface area contributed by atoms with E-state index in [1.165, 1.54) is 6.20 Å². The van der Waals surface area contributed by atoms with Crippen molar-refractivity contribution in [1.82, 2.24) is 19.7 Å². The van der Waals surface area contributed by atoms with Crippen LogP contribution in [0.2, 0.25) is 10.2 Å². The first-order valence-corrected chi connectivity index (χ1v) is 5.05. The standard InChI is InChI=1S/C9H8Cl2N4/c1-5-7(10)6(2)15(14-5)9-8(11)12-3-4-13-9/h3-4H,1-2H3. The lowest BCUT2D eigenvalue weighted by molar-refractivity contribution is 0.799. The van der Waals surface area contributed by atoms with E-state index in [2.05, 4.69) is 15.1 Å². The molecule has 4 nitrogen and oxygen atoms in total. The van der Waals surface area contributed by atoms with Gasteiger partial charge in [0.05, 0.1) is 16.4 Å². The molecule has 0 aliphatic heterocycles. The first-order chi connectivity index (χ1) is 7.11. The second kappa shape index (κ2) is 3.79. The largest absolute Gasteiger partial charge is 0.239 e. The molecule has 2 aromatic rings. The van der Waals surface area contributed by atoms with Crippen LogP contribution < -0.4 is 0 Å². The molecule has 2 heterocycles. The van der Waals surface area contributed by atoms with E-state index in [4.69, 9.17) is 23.2 Å². The van der Waals surface area contributed by atoms with Crippen LogP contribution in [0.5, 0.6) is 0 Å². The van der Waals surface area contributed by atoms with Gasteiger partial charge in [-0.2, -0.15) is 5.10 Å². The van der Waals surface area contributed by atoms with E-state index in [9.17, 15) is 0 Å². The third-order valence-electron chi connectivity index (χ3n) is 2.04. The molecule has 0 saturated carbocycles. The van der Waals surface area contributed by atoms with E-state index in [-0.39, 0.29) is 0 Å². The Hall–Kier alpha value is -1.13. The van der Waals surface area contributed by atoms with Gasteiger partial charge >= 0.3 is 0 Å². The van der Waals surface area contributed by atoms with Gasteiger partial charge in [0, 0.05) is 12.4 Å². The average molecular weight is 243 g/mol. The molecule has 0 aliphatic rings. The van der Waals surface area contributed by atoms with E-state index in [1.54, 1.807) is 10.9 Å². The highest BCUT2D eigenvalue weighted by Gasteiger charge is 2.14. The van der Waals surface area contributed by atoms with E-state index in [0.717, 1.165) is 11.4 Å². The summed E-state index contributed by atoms with van der Waals surface area (Å²) in [5, 5.41) is 5.17. The monoisotopic (exact) mass is 242 g/mol. The average Bonchev–Trinajstić information content (AvgIpc) is 2.47. The lowest BCUT2D eigenvalue weighted by Gasteiger charge is -2.03. The summed E-state index contributed by atoms with van der Waals surface area (Å²) in [6.07, 6.45) is 3.09. The summed E-state index contributed by atoms with van der Waals surface area (Å²) in [6.45, 7) is 3.68. The molecule has 0 fully saturated rings. The Morgan fingerprint density at radius 1 is 1.13 bits per heavy atom. The van der Waals surface area contributed by atoms with Crippen LogP contribution in [-0.4, -0.2) is 19.7 Å². The Morgan fingerprint density at radius 2 is 1.80 bits per heavy atom. The van der Waals surface area contributed by atoms with Crippen molar-refractivity contribution in [3.63, 3.8) is 0 Å². The minimum atomic E-state index is 0.305. The zero-order chi connectivity index (χ0) is 11.0. The lowest BCUT2D eigenvalue weighted by atomic mass is 10.4. The summed E-state index contributed by atoms with van der Waals surface area (Å²) in [7, 11) is 0. The van der Waals surface area contributed by atoms with Crippen LogP contribution in [0.3, 0.4) is 0 Å². The van der Waals surface area contributed by atoms with E-state index >= 15 is 0 Å². The number of hydrogen-bond donors (Lipinski definition) is 0. The van der Waals surface area contributed by atoms with Crippen molar-refractivity contribution in [3.8, 4) is 5.82 Å². The highest BCUT2D eigenvalue weighted by Crippen LogP contribution is 2.23. The first-order valence-electron chi connectivity index (χ1n) is 4.30. The fraction of sp³-hybridized carbons (Fsp3) is 0.222. The highest BCUT2D eigenvalue weighted by atomic mass is 35.5. The Kier molecular flexibility index (Phi) is 2.63. The molecule has 15 heavy (non-hydrogen) atoms.